The zero-order valence-corrected chi connectivity index (χ0v) is 21.7. The number of nitrogens with zero attached hydrogens (tertiary/aromatic N) is 1. The predicted octanol–water partition coefficient (Wildman–Crippen LogP) is 5.52. The lowest BCUT2D eigenvalue weighted by Crippen LogP contribution is -2.13. The van der Waals surface area contributed by atoms with Gasteiger partial charge in [0.15, 0.2) is 11.5 Å². The summed E-state index contributed by atoms with van der Waals surface area (Å²) >= 11 is 2.09. The fourth-order valence-electron chi connectivity index (χ4n) is 3.18. The molecule has 0 saturated heterocycles. The molecule has 0 saturated carbocycles. The quantitative estimate of drug-likeness (QED) is 0.179. The Balaban J connectivity index is 1.75. The molecule has 9 heteroatoms. The van der Waals surface area contributed by atoms with Crippen molar-refractivity contribution in [1.82, 2.24) is 0 Å². The van der Waals surface area contributed by atoms with E-state index in [0.29, 0.717) is 38.7 Å². The molecular formula is C27H23IN2O6. The number of carboxylic acids is 1. The molecule has 0 aliphatic rings. The molecule has 0 radical (unpaired) electrons. The van der Waals surface area contributed by atoms with Gasteiger partial charge in [-0.15, -0.1) is 0 Å². The van der Waals surface area contributed by atoms with E-state index in [-0.39, 0.29) is 17.7 Å². The number of anilines is 1. The number of carbonyl (C=O) groups excluding carboxylic acids is 1. The summed E-state index contributed by atoms with van der Waals surface area (Å²) in [5, 5.41) is 21.3. The molecule has 0 atom stereocenters. The maximum atomic E-state index is 12.7. The topological polar surface area (TPSA) is 118 Å². The standard InChI is InChI=1S/C27H23IN2O6/c1-3-35-22-10-8-21(9-11-22)30-26(31)20(15-29)12-18-13-23(28)25(24(14-18)34-2)36-16-17-4-6-19(7-5-17)27(32)33/h4-14H,3,16H2,1-2H3,(H,30,31)(H,32,33)/b20-12-. The number of methoxy groups -OCH3 is 1. The molecule has 0 heterocycles. The summed E-state index contributed by atoms with van der Waals surface area (Å²) in [5.41, 5.74) is 2.04. The Morgan fingerprint density at radius 1 is 1.08 bits per heavy atom. The summed E-state index contributed by atoms with van der Waals surface area (Å²) in [5.74, 6) is 0.0789. The second-order valence-electron chi connectivity index (χ2n) is 7.41. The van der Waals surface area contributed by atoms with Crippen LogP contribution in [0.5, 0.6) is 17.2 Å². The highest BCUT2D eigenvalue weighted by Gasteiger charge is 2.15. The average molecular weight is 598 g/mol. The van der Waals surface area contributed by atoms with Crippen LogP contribution in [0.4, 0.5) is 5.69 Å². The maximum absolute atomic E-state index is 12.7. The minimum Gasteiger partial charge on any atom is -0.494 e. The van der Waals surface area contributed by atoms with Gasteiger partial charge in [0.05, 0.1) is 22.9 Å². The van der Waals surface area contributed by atoms with Gasteiger partial charge in [0.25, 0.3) is 5.91 Å². The van der Waals surface area contributed by atoms with Crippen LogP contribution in [0, 0.1) is 14.9 Å². The molecule has 2 N–H and O–H groups in total. The summed E-state index contributed by atoms with van der Waals surface area (Å²) in [6.45, 7) is 2.63. The second-order valence-corrected chi connectivity index (χ2v) is 8.57. The van der Waals surface area contributed by atoms with Gasteiger partial charge in [-0.1, -0.05) is 12.1 Å². The largest absolute Gasteiger partial charge is 0.494 e. The van der Waals surface area contributed by atoms with Gasteiger partial charge in [-0.3, -0.25) is 4.79 Å². The maximum Gasteiger partial charge on any atom is 0.335 e. The summed E-state index contributed by atoms with van der Waals surface area (Å²) in [7, 11) is 1.50. The van der Waals surface area contributed by atoms with E-state index >= 15 is 0 Å². The molecule has 0 aromatic heterocycles. The predicted molar refractivity (Wildman–Crippen MR) is 143 cm³/mol. The highest BCUT2D eigenvalue weighted by Crippen LogP contribution is 2.35. The number of nitrogens with one attached hydrogen (secondary N) is 1. The molecule has 3 rings (SSSR count). The van der Waals surface area contributed by atoms with Crippen LogP contribution in [0.1, 0.15) is 28.4 Å². The Morgan fingerprint density at radius 3 is 2.36 bits per heavy atom. The molecule has 0 aliphatic heterocycles. The van der Waals surface area contributed by atoms with Crippen molar-refractivity contribution in [3.05, 3.63) is 86.5 Å². The number of benzene rings is 3. The van der Waals surface area contributed by atoms with Gasteiger partial charge in [0.2, 0.25) is 0 Å². The summed E-state index contributed by atoms with van der Waals surface area (Å²) in [4.78, 5) is 23.7. The molecule has 0 fully saturated rings. The van der Waals surface area contributed by atoms with E-state index in [1.165, 1.54) is 25.3 Å². The zero-order chi connectivity index (χ0) is 26.1. The lowest BCUT2D eigenvalue weighted by Gasteiger charge is -2.14. The fraction of sp³-hybridized carbons (Fsp3) is 0.148. The third kappa shape index (κ3) is 6.99. The Labute approximate surface area is 222 Å². The van der Waals surface area contributed by atoms with E-state index in [4.69, 9.17) is 19.3 Å². The molecule has 3 aromatic rings. The molecule has 36 heavy (non-hydrogen) atoms. The first kappa shape index (κ1) is 26.6. The van der Waals surface area contributed by atoms with Gasteiger partial charge in [0.1, 0.15) is 24.0 Å². The van der Waals surface area contributed by atoms with Gasteiger partial charge >= 0.3 is 5.97 Å². The number of rotatable bonds is 10. The van der Waals surface area contributed by atoms with Crippen molar-refractivity contribution in [3.8, 4) is 23.3 Å². The van der Waals surface area contributed by atoms with Crippen LogP contribution in [0.3, 0.4) is 0 Å². The number of carbonyl (C=O) groups is 2. The molecule has 0 unspecified atom stereocenters. The van der Waals surface area contributed by atoms with Crippen molar-refractivity contribution < 1.29 is 28.9 Å². The van der Waals surface area contributed by atoms with Crippen LogP contribution in [0.15, 0.2) is 66.2 Å². The van der Waals surface area contributed by atoms with E-state index in [9.17, 15) is 14.9 Å². The summed E-state index contributed by atoms with van der Waals surface area (Å²) < 4.78 is 17.5. The number of hydrogen-bond acceptors (Lipinski definition) is 6. The van der Waals surface area contributed by atoms with Crippen LogP contribution in [-0.4, -0.2) is 30.7 Å². The van der Waals surface area contributed by atoms with Gasteiger partial charge in [-0.05, 0) is 95.2 Å². The number of hydrogen-bond donors (Lipinski definition) is 2. The second kappa shape index (κ2) is 12.6. The van der Waals surface area contributed by atoms with Crippen molar-refractivity contribution in [1.29, 1.82) is 5.26 Å². The molecular weight excluding hydrogens is 575 g/mol. The molecule has 0 aliphatic carbocycles. The van der Waals surface area contributed by atoms with Crippen molar-refractivity contribution in [2.45, 2.75) is 13.5 Å². The Hall–Kier alpha value is -4.04. The third-order valence-electron chi connectivity index (χ3n) is 4.94. The highest BCUT2D eigenvalue weighted by atomic mass is 127. The van der Waals surface area contributed by atoms with Crippen molar-refractivity contribution in [2.75, 3.05) is 19.0 Å². The van der Waals surface area contributed by atoms with Crippen LogP contribution >= 0.6 is 22.6 Å². The van der Waals surface area contributed by atoms with E-state index in [1.54, 1.807) is 48.5 Å². The summed E-state index contributed by atoms with van der Waals surface area (Å²) in [6.07, 6.45) is 1.48. The minimum absolute atomic E-state index is 0.0751. The van der Waals surface area contributed by atoms with E-state index < -0.39 is 11.9 Å². The smallest absolute Gasteiger partial charge is 0.335 e. The lowest BCUT2D eigenvalue weighted by molar-refractivity contribution is -0.112. The number of halogens is 1. The van der Waals surface area contributed by atoms with Gasteiger partial charge in [0, 0.05) is 5.69 Å². The van der Waals surface area contributed by atoms with E-state index in [2.05, 4.69) is 27.9 Å². The monoisotopic (exact) mass is 598 g/mol. The number of ether oxygens (including phenoxy) is 3. The van der Waals surface area contributed by atoms with Gasteiger partial charge < -0.3 is 24.6 Å². The van der Waals surface area contributed by atoms with Gasteiger partial charge in [-0.25, -0.2) is 4.79 Å². The first-order valence-corrected chi connectivity index (χ1v) is 11.9. The normalized spacial score (nSPS) is 10.8. The molecule has 3 aromatic carbocycles. The van der Waals surface area contributed by atoms with Crippen LogP contribution in [0.2, 0.25) is 0 Å². The van der Waals surface area contributed by atoms with Crippen molar-refractivity contribution in [2.24, 2.45) is 0 Å². The van der Waals surface area contributed by atoms with Gasteiger partial charge in [-0.2, -0.15) is 5.26 Å². The average Bonchev–Trinajstić information content (AvgIpc) is 2.87. The van der Waals surface area contributed by atoms with Crippen LogP contribution in [-0.2, 0) is 11.4 Å². The Kier molecular flexibility index (Phi) is 9.30. The number of amides is 1. The minimum atomic E-state index is -0.993. The fourth-order valence-corrected chi connectivity index (χ4v) is 3.96. The first-order valence-electron chi connectivity index (χ1n) is 10.8. The number of nitriles is 1. The van der Waals surface area contributed by atoms with Crippen molar-refractivity contribution >= 4 is 46.2 Å². The molecule has 1 amide bonds. The first-order chi connectivity index (χ1) is 17.3. The Morgan fingerprint density at radius 2 is 1.78 bits per heavy atom. The molecule has 184 valence electrons. The van der Waals surface area contributed by atoms with E-state index in [1.807, 2.05) is 13.0 Å². The number of aromatic carboxylic acids is 1. The summed E-state index contributed by atoms with van der Waals surface area (Å²) in [6, 6.07) is 18.7. The third-order valence-corrected chi connectivity index (χ3v) is 5.74. The molecule has 8 nitrogen and oxygen atoms in total. The van der Waals surface area contributed by atoms with Crippen molar-refractivity contribution in [3.63, 3.8) is 0 Å². The Bertz CT molecular complexity index is 1310. The van der Waals surface area contributed by atoms with Crippen LogP contribution in [0.25, 0.3) is 6.08 Å². The van der Waals surface area contributed by atoms with Crippen LogP contribution < -0.4 is 19.5 Å². The molecule has 0 spiro atoms. The SMILES string of the molecule is CCOc1ccc(NC(=O)/C(C#N)=C\c2cc(I)c(OCc3ccc(C(=O)O)cc3)c(OC)c2)cc1. The zero-order valence-electron chi connectivity index (χ0n) is 19.6. The molecule has 0 bridgehead atoms. The highest BCUT2D eigenvalue weighted by molar-refractivity contribution is 14.1. The number of carboxylic acid groups (broad SMARTS) is 1. The lowest BCUT2D eigenvalue weighted by atomic mass is 10.1. The van der Waals surface area contributed by atoms with E-state index in [0.717, 1.165) is 5.56 Å².